The Labute approximate surface area is 135 Å². The zero-order valence-corrected chi connectivity index (χ0v) is 14.6. The maximum Gasteiger partial charge on any atom is 0.229 e. The van der Waals surface area contributed by atoms with Gasteiger partial charge >= 0.3 is 0 Å². The van der Waals surface area contributed by atoms with E-state index in [0.717, 1.165) is 25.8 Å². The SMILES string of the molecule is CC(C)CC1(C(=O)N(CCCl)C2CCCCC2)CCCC1. The molecule has 1 amide bonds. The van der Waals surface area contributed by atoms with E-state index in [1.54, 1.807) is 0 Å². The summed E-state index contributed by atoms with van der Waals surface area (Å²) < 4.78 is 0. The molecule has 0 aromatic rings. The quantitative estimate of drug-likeness (QED) is 0.632. The highest BCUT2D eigenvalue weighted by molar-refractivity contribution is 6.18. The molecule has 0 spiro atoms. The van der Waals surface area contributed by atoms with Crippen LogP contribution in [0, 0.1) is 11.3 Å². The summed E-state index contributed by atoms with van der Waals surface area (Å²) in [5.74, 6) is 1.59. The van der Waals surface area contributed by atoms with E-state index < -0.39 is 0 Å². The molecular formula is C18H32ClNO. The van der Waals surface area contributed by atoms with Crippen molar-refractivity contribution < 1.29 is 4.79 Å². The number of amides is 1. The molecule has 0 aliphatic heterocycles. The first kappa shape index (κ1) is 17.1. The Balaban J connectivity index is 2.14. The van der Waals surface area contributed by atoms with Gasteiger partial charge in [0.2, 0.25) is 5.91 Å². The number of alkyl halides is 1. The second kappa shape index (κ2) is 7.85. The molecule has 0 N–H and O–H groups in total. The molecule has 2 saturated carbocycles. The lowest BCUT2D eigenvalue weighted by molar-refractivity contribution is -0.146. The van der Waals surface area contributed by atoms with Gasteiger partial charge in [-0.25, -0.2) is 0 Å². The molecule has 0 aromatic heterocycles. The fourth-order valence-electron chi connectivity index (χ4n) is 4.58. The smallest absolute Gasteiger partial charge is 0.229 e. The molecule has 2 aliphatic rings. The second-order valence-electron chi connectivity index (χ2n) is 7.56. The molecule has 2 fully saturated rings. The Morgan fingerprint density at radius 1 is 1.14 bits per heavy atom. The van der Waals surface area contributed by atoms with E-state index in [0.29, 0.717) is 23.7 Å². The van der Waals surface area contributed by atoms with Gasteiger partial charge in [-0.1, -0.05) is 46.0 Å². The van der Waals surface area contributed by atoms with Crippen LogP contribution in [0.2, 0.25) is 0 Å². The van der Waals surface area contributed by atoms with Crippen LogP contribution in [0.25, 0.3) is 0 Å². The maximum atomic E-state index is 13.4. The van der Waals surface area contributed by atoms with Crippen molar-refractivity contribution in [2.24, 2.45) is 11.3 Å². The van der Waals surface area contributed by atoms with Crippen molar-refractivity contribution in [1.29, 1.82) is 0 Å². The van der Waals surface area contributed by atoms with E-state index in [9.17, 15) is 4.79 Å². The summed E-state index contributed by atoms with van der Waals surface area (Å²) in [4.78, 5) is 15.5. The lowest BCUT2D eigenvalue weighted by atomic mass is 9.76. The fraction of sp³-hybridized carbons (Fsp3) is 0.944. The van der Waals surface area contributed by atoms with E-state index in [1.807, 2.05) is 0 Å². The predicted molar refractivity (Wildman–Crippen MR) is 89.7 cm³/mol. The first-order valence-electron chi connectivity index (χ1n) is 8.96. The molecule has 2 aliphatic carbocycles. The molecule has 0 atom stereocenters. The van der Waals surface area contributed by atoms with Crippen molar-refractivity contribution in [2.75, 3.05) is 12.4 Å². The molecule has 21 heavy (non-hydrogen) atoms. The standard InChI is InChI=1S/C18H32ClNO/c1-15(2)14-18(10-6-7-11-18)17(21)20(13-12-19)16-8-4-3-5-9-16/h15-16H,3-14H2,1-2H3. The molecule has 122 valence electrons. The Hall–Kier alpha value is -0.240. The second-order valence-corrected chi connectivity index (χ2v) is 7.94. The highest BCUT2D eigenvalue weighted by atomic mass is 35.5. The summed E-state index contributed by atoms with van der Waals surface area (Å²) in [5.41, 5.74) is -0.0718. The number of hydrogen-bond donors (Lipinski definition) is 0. The molecule has 0 aromatic carbocycles. The third-order valence-electron chi connectivity index (χ3n) is 5.42. The van der Waals surface area contributed by atoms with Crippen LogP contribution in [0.5, 0.6) is 0 Å². The van der Waals surface area contributed by atoms with E-state index in [4.69, 9.17) is 11.6 Å². The molecule has 0 unspecified atom stereocenters. The molecule has 0 heterocycles. The van der Waals surface area contributed by atoms with Gasteiger partial charge in [0.05, 0.1) is 0 Å². The van der Waals surface area contributed by atoms with Crippen LogP contribution in [0.1, 0.15) is 78.1 Å². The molecule has 0 radical (unpaired) electrons. The third kappa shape index (κ3) is 4.15. The highest BCUT2D eigenvalue weighted by Crippen LogP contribution is 2.45. The van der Waals surface area contributed by atoms with Gasteiger partial charge in [0.1, 0.15) is 0 Å². The van der Waals surface area contributed by atoms with Gasteiger partial charge in [0.15, 0.2) is 0 Å². The van der Waals surface area contributed by atoms with Crippen molar-refractivity contribution in [3.8, 4) is 0 Å². The average molecular weight is 314 g/mol. The number of rotatable bonds is 6. The Kier molecular flexibility index (Phi) is 6.40. The third-order valence-corrected chi connectivity index (χ3v) is 5.58. The van der Waals surface area contributed by atoms with Crippen LogP contribution in [0.4, 0.5) is 0 Å². The van der Waals surface area contributed by atoms with Crippen molar-refractivity contribution in [3.63, 3.8) is 0 Å². The minimum atomic E-state index is -0.0718. The number of halogens is 1. The van der Waals surface area contributed by atoms with E-state index >= 15 is 0 Å². The zero-order valence-electron chi connectivity index (χ0n) is 13.9. The minimum Gasteiger partial charge on any atom is -0.338 e. The largest absolute Gasteiger partial charge is 0.338 e. The molecule has 2 rings (SSSR count). The number of carbonyl (C=O) groups excluding carboxylic acids is 1. The normalized spacial score (nSPS) is 22.7. The molecule has 0 bridgehead atoms. The first-order valence-corrected chi connectivity index (χ1v) is 9.49. The van der Waals surface area contributed by atoms with E-state index in [-0.39, 0.29) is 5.41 Å². The zero-order chi connectivity index (χ0) is 15.3. The summed E-state index contributed by atoms with van der Waals surface area (Å²) in [6.07, 6.45) is 11.9. The van der Waals surface area contributed by atoms with Gasteiger partial charge in [-0.15, -0.1) is 11.6 Å². The van der Waals surface area contributed by atoms with Crippen molar-refractivity contribution in [1.82, 2.24) is 4.90 Å². The van der Waals surface area contributed by atoms with Crippen LogP contribution in [-0.2, 0) is 4.79 Å². The monoisotopic (exact) mass is 313 g/mol. The van der Waals surface area contributed by atoms with Crippen LogP contribution in [0.15, 0.2) is 0 Å². The van der Waals surface area contributed by atoms with Gasteiger partial charge in [-0.3, -0.25) is 4.79 Å². The number of carbonyl (C=O) groups is 1. The molecule has 2 nitrogen and oxygen atoms in total. The molecule has 3 heteroatoms. The predicted octanol–water partition coefficient (Wildman–Crippen LogP) is 4.99. The lowest BCUT2D eigenvalue weighted by Crippen LogP contribution is -2.49. The van der Waals surface area contributed by atoms with Gasteiger partial charge in [0, 0.05) is 23.9 Å². The van der Waals surface area contributed by atoms with Gasteiger partial charge in [-0.05, 0) is 38.0 Å². The van der Waals surface area contributed by atoms with Crippen LogP contribution in [-0.4, -0.2) is 29.3 Å². The highest BCUT2D eigenvalue weighted by Gasteiger charge is 2.44. The van der Waals surface area contributed by atoms with Gasteiger partial charge < -0.3 is 4.90 Å². The maximum absolute atomic E-state index is 13.4. The van der Waals surface area contributed by atoms with Gasteiger partial charge in [0.25, 0.3) is 0 Å². The van der Waals surface area contributed by atoms with Crippen LogP contribution in [0.3, 0.4) is 0 Å². The van der Waals surface area contributed by atoms with E-state index in [1.165, 1.54) is 44.9 Å². The van der Waals surface area contributed by atoms with Crippen LogP contribution < -0.4 is 0 Å². The summed E-state index contributed by atoms with van der Waals surface area (Å²) >= 11 is 6.02. The van der Waals surface area contributed by atoms with Gasteiger partial charge in [-0.2, -0.15) is 0 Å². The Morgan fingerprint density at radius 3 is 2.29 bits per heavy atom. The lowest BCUT2D eigenvalue weighted by Gasteiger charge is -2.41. The Bertz CT molecular complexity index is 330. The summed E-state index contributed by atoms with van der Waals surface area (Å²) in [6.45, 7) is 5.24. The van der Waals surface area contributed by atoms with E-state index in [2.05, 4.69) is 18.7 Å². The average Bonchev–Trinajstić information content (AvgIpc) is 2.94. The summed E-state index contributed by atoms with van der Waals surface area (Å²) in [6, 6.07) is 0.453. The fourth-order valence-corrected chi connectivity index (χ4v) is 4.76. The topological polar surface area (TPSA) is 20.3 Å². The van der Waals surface area contributed by atoms with Crippen molar-refractivity contribution in [3.05, 3.63) is 0 Å². The summed E-state index contributed by atoms with van der Waals surface area (Å²) in [5, 5.41) is 0. The molecule has 0 saturated heterocycles. The minimum absolute atomic E-state index is 0.0718. The number of nitrogens with zero attached hydrogens (tertiary/aromatic N) is 1. The first-order chi connectivity index (χ1) is 10.1. The van der Waals surface area contributed by atoms with Crippen molar-refractivity contribution in [2.45, 2.75) is 84.1 Å². The Morgan fingerprint density at radius 2 is 1.76 bits per heavy atom. The van der Waals surface area contributed by atoms with Crippen LogP contribution >= 0.6 is 11.6 Å². The molecular weight excluding hydrogens is 282 g/mol. The summed E-state index contributed by atoms with van der Waals surface area (Å²) in [7, 11) is 0. The number of hydrogen-bond acceptors (Lipinski definition) is 1. The van der Waals surface area contributed by atoms with Crippen molar-refractivity contribution >= 4 is 17.5 Å².